The van der Waals surface area contributed by atoms with Crippen molar-refractivity contribution in [2.45, 2.75) is 44.7 Å². The minimum atomic E-state index is -0.324. The molecule has 0 fully saturated rings. The molecule has 0 saturated carbocycles. The number of amides is 1. The monoisotopic (exact) mass is 548 g/mol. The third kappa shape index (κ3) is 5.19. The first-order valence-electron chi connectivity index (χ1n) is 12.3. The summed E-state index contributed by atoms with van der Waals surface area (Å²) in [7, 11) is 1.47. The van der Waals surface area contributed by atoms with Crippen molar-refractivity contribution in [3.8, 4) is 17.2 Å². The number of nitrogens with zero attached hydrogens (tertiary/aromatic N) is 3. The summed E-state index contributed by atoms with van der Waals surface area (Å²) in [6.45, 7) is 3.75. The maximum Gasteiger partial charge on any atom is 0.267 e. The van der Waals surface area contributed by atoms with Gasteiger partial charge in [0.1, 0.15) is 4.83 Å². The highest BCUT2D eigenvalue weighted by Crippen LogP contribution is 2.35. The second-order valence-electron chi connectivity index (χ2n) is 9.17. The van der Waals surface area contributed by atoms with Gasteiger partial charge < -0.3 is 9.84 Å². The number of carbonyl (C=O) groups is 1. The van der Waals surface area contributed by atoms with Gasteiger partial charge in [0.15, 0.2) is 16.7 Å². The van der Waals surface area contributed by atoms with Crippen molar-refractivity contribution in [1.82, 2.24) is 15.0 Å². The minimum absolute atomic E-state index is 0.0279. The molecule has 2 heterocycles. The zero-order valence-electron chi connectivity index (χ0n) is 21.4. The highest BCUT2D eigenvalue weighted by molar-refractivity contribution is 7.99. The lowest BCUT2D eigenvalue weighted by Gasteiger charge is -2.13. The van der Waals surface area contributed by atoms with Crippen molar-refractivity contribution in [3.63, 3.8) is 0 Å². The first-order valence-corrected chi connectivity index (χ1v) is 14.1. The van der Waals surface area contributed by atoms with E-state index in [9.17, 15) is 14.7 Å². The molecule has 196 valence electrons. The van der Waals surface area contributed by atoms with Gasteiger partial charge in [0.25, 0.3) is 11.5 Å². The SMILES string of the molecule is COc1cc(C(C)=NNC(=O)CSc2nc3sc4c(c3c(=O)n2-c2ccc(C)cc2)CCCC4)ccc1O. The normalized spacial score (nSPS) is 13.4. The fourth-order valence-electron chi connectivity index (χ4n) is 4.48. The maximum absolute atomic E-state index is 13.8. The fraction of sp³-hybridized carbons (Fsp3) is 0.286. The van der Waals surface area contributed by atoms with Gasteiger partial charge in [0, 0.05) is 10.4 Å². The van der Waals surface area contributed by atoms with E-state index >= 15 is 0 Å². The van der Waals surface area contributed by atoms with Crippen LogP contribution in [0.1, 0.15) is 41.3 Å². The molecule has 1 amide bonds. The van der Waals surface area contributed by atoms with Crippen molar-refractivity contribution >= 4 is 44.9 Å². The van der Waals surface area contributed by atoms with Crippen LogP contribution >= 0.6 is 23.1 Å². The van der Waals surface area contributed by atoms with Gasteiger partial charge in [-0.15, -0.1) is 11.3 Å². The van der Waals surface area contributed by atoms with E-state index in [1.54, 1.807) is 35.0 Å². The second-order valence-corrected chi connectivity index (χ2v) is 11.2. The number of hydrazone groups is 1. The summed E-state index contributed by atoms with van der Waals surface area (Å²) in [5.41, 5.74) is 6.71. The van der Waals surface area contributed by atoms with Gasteiger partial charge in [-0.05, 0) is 75.4 Å². The van der Waals surface area contributed by atoms with E-state index in [1.807, 2.05) is 31.2 Å². The Morgan fingerprint density at radius 3 is 2.74 bits per heavy atom. The number of thioether (sulfide) groups is 1. The summed E-state index contributed by atoms with van der Waals surface area (Å²) in [6.07, 6.45) is 4.09. The van der Waals surface area contributed by atoms with E-state index in [2.05, 4.69) is 10.5 Å². The van der Waals surface area contributed by atoms with E-state index in [0.717, 1.165) is 47.3 Å². The van der Waals surface area contributed by atoms with Gasteiger partial charge in [0.05, 0.1) is 29.6 Å². The van der Waals surface area contributed by atoms with E-state index in [-0.39, 0.29) is 23.0 Å². The van der Waals surface area contributed by atoms with Crippen LogP contribution in [0.2, 0.25) is 0 Å². The Bertz CT molecular complexity index is 1610. The number of phenolic OH excluding ortho intramolecular Hbond substituents is 1. The molecular formula is C28H28N4O4S2. The van der Waals surface area contributed by atoms with Crippen molar-refractivity contribution in [1.29, 1.82) is 0 Å². The quantitative estimate of drug-likeness (QED) is 0.146. The Balaban J connectivity index is 1.41. The number of ether oxygens (including phenoxy) is 1. The molecule has 1 aliphatic carbocycles. The van der Waals surface area contributed by atoms with Gasteiger partial charge in [-0.25, -0.2) is 10.4 Å². The molecule has 2 aromatic carbocycles. The molecule has 2 N–H and O–H groups in total. The van der Waals surface area contributed by atoms with Crippen LogP contribution in [0.4, 0.5) is 0 Å². The third-order valence-corrected chi connectivity index (χ3v) is 8.65. The predicted molar refractivity (Wildman–Crippen MR) is 152 cm³/mol. The molecule has 5 rings (SSSR count). The number of methoxy groups -OCH3 is 1. The van der Waals surface area contributed by atoms with E-state index in [4.69, 9.17) is 9.72 Å². The summed E-state index contributed by atoms with van der Waals surface area (Å²) in [5.74, 6) is 0.0603. The standard InChI is InChI=1S/C28H28N4O4S2/c1-16-8-11-19(12-9-16)32-27(35)25-20-6-4-5-7-23(20)38-26(25)29-28(32)37-15-24(34)31-30-17(2)18-10-13-21(33)22(14-18)36-3/h8-14,33H,4-7,15H2,1-3H3,(H,31,34). The number of nitrogens with one attached hydrogen (secondary N) is 1. The first kappa shape index (κ1) is 26.0. The third-order valence-electron chi connectivity index (χ3n) is 6.53. The average Bonchev–Trinajstić information content (AvgIpc) is 3.30. The maximum atomic E-state index is 13.8. The van der Waals surface area contributed by atoms with Crippen LogP contribution in [0, 0.1) is 6.92 Å². The number of carbonyl (C=O) groups excluding carboxylic acids is 1. The molecule has 0 atom stereocenters. The molecular weight excluding hydrogens is 520 g/mol. The summed E-state index contributed by atoms with van der Waals surface area (Å²) in [5, 5.41) is 15.2. The first-order chi connectivity index (χ1) is 18.4. The Kier molecular flexibility index (Phi) is 7.53. The number of phenols is 1. The molecule has 38 heavy (non-hydrogen) atoms. The van der Waals surface area contributed by atoms with Gasteiger partial charge in [-0.2, -0.15) is 5.10 Å². The van der Waals surface area contributed by atoms with E-state index < -0.39 is 0 Å². The molecule has 0 aliphatic heterocycles. The van der Waals surface area contributed by atoms with E-state index in [0.29, 0.717) is 27.6 Å². The largest absolute Gasteiger partial charge is 0.504 e. The van der Waals surface area contributed by atoms with Crippen LogP contribution in [0.25, 0.3) is 15.9 Å². The lowest BCUT2D eigenvalue weighted by atomic mass is 9.97. The number of aromatic nitrogens is 2. The summed E-state index contributed by atoms with van der Waals surface area (Å²) < 4.78 is 6.76. The number of aromatic hydroxyl groups is 1. The van der Waals surface area contributed by atoms with Crippen LogP contribution < -0.4 is 15.7 Å². The molecule has 2 aromatic heterocycles. The van der Waals surface area contributed by atoms with Crippen LogP contribution in [-0.2, 0) is 17.6 Å². The zero-order valence-corrected chi connectivity index (χ0v) is 23.0. The Morgan fingerprint density at radius 1 is 1.21 bits per heavy atom. The molecule has 8 nitrogen and oxygen atoms in total. The molecule has 0 unspecified atom stereocenters. The number of rotatable bonds is 7. The summed E-state index contributed by atoms with van der Waals surface area (Å²) in [6, 6.07) is 12.6. The smallest absolute Gasteiger partial charge is 0.267 e. The number of fused-ring (bicyclic) bond motifs is 3. The van der Waals surface area contributed by atoms with Crippen molar-refractivity contribution in [2.24, 2.45) is 5.10 Å². The van der Waals surface area contributed by atoms with Gasteiger partial charge in [-0.1, -0.05) is 29.5 Å². The van der Waals surface area contributed by atoms with Crippen LogP contribution in [0.3, 0.4) is 0 Å². The highest BCUT2D eigenvalue weighted by atomic mass is 32.2. The van der Waals surface area contributed by atoms with Crippen LogP contribution in [-0.4, -0.2) is 39.1 Å². The number of hydrogen-bond donors (Lipinski definition) is 2. The van der Waals surface area contributed by atoms with Crippen LogP contribution in [0.15, 0.2) is 57.5 Å². The Morgan fingerprint density at radius 2 is 1.97 bits per heavy atom. The molecule has 1 aliphatic rings. The molecule has 0 saturated heterocycles. The van der Waals surface area contributed by atoms with Crippen LogP contribution in [0.5, 0.6) is 11.5 Å². The van der Waals surface area contributed by atoms with Gasteiger partial charge >= 0.3 is 0 Å². The lowest BCUT2D eigenvalue weighted by Crippen LogP contribution is -2.24. The molecule has 4 aromatic rings. The fourth-order valence-corrected chi connectivity index (χ4v) is 6.59. The second kappa shape index (κ2) is 11.0. The molecule has 10 heteroatoms. The zero-order chi connectivity index (χ0) is 26.8. The average molecular weight is 549 g/mol. The predicted octanol–water partition coefficient (Wildman–Crippen LogP) is 4.98. The lowest BCUT2D eigenvalue weighted by molar-refractivity contribution is -0.118. The summed E-state index contributed by atoms with van der Waals surface area (Å²) >= 11 is 2.80. The van der Waals surface area contributed by atoms with Gasteiger partial charge in [0.2, 0.25) is 0 Å². The number of thiophene rings is 1. The number of aryl methyl sites for hydroxylation is 3. The summed E-state index contributed by atoms with van der Waals surface area (Å²) in [4.78, 5) is 33.4. The number of benzene rings is 2. The van der Waals surface area contributed by atoms with Crippen molar-refractivity contribution in [3.05, 3.63) is 74.4 Å². The van der Waals surface area contributed by atoms with Crippen molar-refractivity contribution < 1.29 is 14.6 Å². The molecule has 0 radical (unpaired) electrons. The van der Waals surface area contributed by atoms with E-state index in [1.165, 1.54) is 29.8 Å². The Labute approximate surface area is 228 Å². The van der Waals surface area contributed by atoms with Crippen molar-refractivity contribution in [2.75, 3.05) is 12.9 Å². The topological polar surface area (TPSA) is 106 Å². The van der Waals surface area contributed by atoms with Gasteiger partial charge in [-0.3, -0.25) is 14.2 Å². The minimum Gasteiger partial charge on any atom is -0.504 e. The molecule has 0 bridgehead atoms. The molecule has 0 spiro atoms. The highest BCUT2D eigenvalue weighted by Gasteiger charge is 2.23. The Hall–Kier alpha value is -3.63. The number of hydrogen-bond acceptors (Lipinski definition) is 8.